The fourth-order valence-electron chi connectivity index (χ4n) is 2.93. The average Bonchev–Trinajstić information content (AvgIpc) is 3.49. The minimum absolute atomic E-state index is 0.214. The van der Waals surface area contributed by atoms with E-state index in [0.717, 1.165) is 22.6 Å². The molecule has 10 heteroatoms. The lowest BCUT2D eigenvalue weighted by Crippen LogP contribution is -2.26. The van der Waals surface area contributed by atoms with E-state index in [1.165, 1.54) is 12.4 Å². The second-order valence-electron chi connectivity index (χ2n) is 6.74. The van der Waals surface area contributed by atoms with Crippen LogP contribution in [0.1, 0.15) is 28.9 Å². The number of nitrogens with one attached hydrogen (secondary N) is 2. The lowest BCUT2D eigenvalue weighted by molar-refractivity contribution is 0.0940. The summed E-state index contributed by atoms with van der Waals surface area (Å²) in [7, 11) is -3.62. The van der Waals surface area contributed by atoms with Crippen LogP contribution in [-0.4, -0.2) is 29.1 Å². The first kappa shape index (κ1) is 20.8. The maximum absolute atomic E-state index is 12.6. The van der Waals surface area contributed by atoms with Gasteiger partial charge in [0.25, 0.3) is 15.9 Å². The lowest BCUT2D eigenvalue weighted by Gasteiger charge is -2.15. The second-order valence-corrected chi connectivity index (χ2v) is 9.60. The van der Waals surface area contributed by atoms with Gasteiger partial charge in [-0.1, -0.05) is 18.2 Å². The van der Waals surface area contributed by atoms with Crippen molar-refractivity contribution < 1.29 is 13.2 Å². The van der Waals surface area contributed by atoms with E-state index >= 15 is 0 Å². The first-order chi connectivity index (χ1) is 14.9. The summed E-state index contributed by atoms with van der Waals surface area (Å²) in [4.78, 5) is 16.5. The molecule has 0 saturated heterocycles. The van der Waals surface area contributed by atoms with Gasteiger partial charge < -0.3 is 5.32 Å². The molecule has 0 radical (unpaired) electrons. The van der Waals surface area contributed by atoms with E-state index in [9.17, 15) is 13.2 Å². The molecule has 0 spiro atoms. The van der Waals surface area contributed by atoms with Crippen molar-refractivity contribution in [2.24, 2.45) is 0 Å². The Bertz CT molecular complexity index is 1250. The lowest BCUT2D eigenvalue weighted by atomic mass is 10.1. The van der Waals surface area contributed by atoms with Crippen LogP contribution < -0.4 is 10.0 Å². The van der Waals surface area contributed by atoms with Gasteiger partial charge in [0.05, 0.1) is 11.7 Å². The quantitative estimate of drug-likeness (QED) is 0.445. The number of rotatable bonds is 7. The number of carbonyl (C=O) groups is 1. The number of benzene rings is 2. The zero-order valence-corrected chi connectivity index (χ0v) is 18.1. The van der Waals surface area contributed by atoms with E-state index in [4.69, 9.17) is 0 Å². The Hall–Kier alpha value is -3.50. The molecule has 158 valence electrons. The number of carbonyl (C=O) groups excluding carboxylic acids is 1. The van der Waals surface area contributed by atoms with Gasteiger partial charge in [-0.3, -0.25) is 9.52 Å². The molecule has 0 bridgehead atoms. The number of amides is 1. The first-order valence-electron chi connectivity index (χ1n) is 9.34. The van der Waals surface area contributed by atoms with Crippen LogP contribution in [0.15, 0.2) is 82.9 Å². The molecule has 0 saturated carbocycles. The van der Waals surface area contributed by atoms with Gasteiger partial charge in [0.2, 0.25) is 0 Å². The Morgan fingerprint density at radius 1 is 1.06 bits per heavy atom. The third kappa shape index (κ3) is 4.81. The maximum Gasteiger partial charge on any atom is 0.271 e. The zero-order valence-electron chi connectivity index (χ0n) is 16.5. The SMILES string of the molecule is C[C@@H](NC(=O)c1ccc(NS(=O)(=O)c2cccs2)cc1)c1ccc(-n2cncn2)cc1. The summed E-state index contributed by atoms with van der Waals surface area (Å²) in [5, 5.41) is 8.73. The highest BCUT2D eigenvalue weighted by atomic mass is 32.2. The van der Waals surface area contributed by atoms with Crippen LogP contribution in [0.5, 0.6) is 0 Å². The second kappa shape index (κ2) is 8.70. The summed E-state index contributed by atoms with van der Waals surface area (Å²) in [6, 6.07) is 17.0. The average molecular weight is 454 g/mol. The highest BCUT2D eigenvalue weighted by Gasteiger charge is 2.16. The smallest absolute Gasteiger partial charge is 0.271 e. The van der Waals surface area contributed by atoms with Crippen molar-refractivity contribution in [1.29, 1.82) is 0 Å². The van der Waals surface area contributed by atoms with E-state index in [1.807, 2.05) is 31.2 Å². The maximum atomic E-state index is 12.6. The van der Waals surface area contributed by atoms with Crippen LogP contribution in [0.4, 0.5) is 5.69 Å². The fraction of sp³-hybridized carbons (Fsp3) is 0.0952. The monoisotopic (exact) mass is 453 g/mol. The number of anilines is 1. The van der Waals surface area contributed by atoms with Gasteiger partial charge in [-0.25, -0.2) is 18.1 Å². The Labute approximate surface area is 183 Å². The third-order valence-corrected chi connectivity index (χ3v) is 7.36. The van der Waals surface area contributed by atoms with Crippen LogP contribution in [0, 0.1) is 0 Å². The summed E-state index contributed by atoms with van der Waals surface area (Å²) in [6.45, 7) is 1.89. The van der Waals surface area contributed by atoms with E-state index in [-0.39, 0.29) is 16.2 Å². The minimum Gasteiger partial charge on any atom is -0.346 e. The van der Waals surface area contributed by atoms with E-state index < -0.39 is 10.0 Å². The number of aromatic nitrogens is 3. The van der Waals surface area contributed by atoms with Crippen molar-refractivity contribution in [2.75, 3.05) is 4.72 Å². The molecule has 0 aliphatic carbocycles. The Morgan fingerprint density at radius 2 is 1.81 bits per heavy atom. The van der Waals surface area contributed by atoms with Crippen molar-refractivity contribution in [3.8, 4) is 5.69 Å². The predicted molar refractivity (Wildman–Crippen MR) is 119 cm³/mol. The normalized spacial score (nSPS) is 12.3. The van der Waals surface area contributed by atoms with Gasteiger partial charge in [0.1, 0.15) is 16.9 Å². The van der Waals surface area contributed by atoms with Gasteiger partial charge in [-0.05, 0) is 60.3 Å². The van der Waals surface area contributed by atoms with Crippen LogP contribution in [0.2, 0.25) is 0 Å². The molecule has 1 atom stereocenters. The van der Waals surface area contributed by atoms with E-state index in [2.05, 4.69) is 20.1 Å². The molecular weight excluding hydrogens is 434 g/mol. The summed E-state index contributed by atoms with van der Waals surface area (Å²) in [5.41, 5.74) is 2.64. The molecule has 0 aliphatic rings. The molecule has 2 N–H and O–H groups in total. The molecule has 31 heavy (non-hydrogen) atoms. The molecule has 0 fully saturated rings. The van der Waals surface area contributed by atoms with E-state index in [1.54, 1.807) is 46.7 Å². The number of hydrogen-bond acceptors (Lipinski definition) is 6. The van der Waals surface area contributed by atoms with Gasteiger partial charge >= 0.3 is 0 Å². The Balaban J connectivity index is 1.39. The molecule has 4 aromatic rings. The predicted octanol–water partition coefficient (Wildman–Crippen LogP) is 3.62. The van der Waals surface area contributed by atoms with Crippen LogP contribution >= 0.6 is 11.3 Å². The van der Waals surface area contributed by atoms with E-state index in [0.29, 0.717) is 11.3 Å². The highest BCUT2D eigenvalue weighted by Crippen LogP contribution is 2.21. The summed E-state index contributed by atoms with van der Waals surface area (Å²) in [6.07, 6.45) is 3.08. The topological polar surface area (TPSA) is 106 Å². The summed E-state index contributed by atoms with van der Waals surface area (Å²) >= 11 is 1.14. The van der Waals surface area contributed by atoms with Crippen molar-refractivity contribution in [3.63, 3.8) is 0 Å². The minimum atomic E-state index is -3.62. The standard InChI is InChI=1S/C21H19N5O3S2/c1-15(16-6-10-19(11-7-16)26-14-22-13-23-26)24-21(27)17-4-8-18(9-5-17)25-31(28,29)20-3-2-12-30-20/h2-15,25H,1H3,(H,24,27)/t15-/m1/s1. The number of sulfonamides is 1. The molecule has 2 heterocycles. The largest absolute Gasteiger partial charge is 0.346 e. The molecule has 2 aromatic heterocycles. The number of hydrogen-bond donors (Lipinski definition) is 2. The van der Waals surface area contributed by atoms with Crippen LogP contribution in [0.25, 0.3) is 5.69 Å². The van der Waals surface area contributed by atoms with Crippen LogP contribution in [-0.2, 0) is 10.0 Å². The van der Waals surface area contributed by atoms with Gasteiger partial charge in [0.15, 0.2) is 0 Å². The molecule has 1 amide bonds. The van der Waals surface area contributed by atoms with Gasteiger partial charge in [0, 0.05) is 11.3 Å². The summed E-state index contributed by atoms with van der Waals surface area (Å²) in [5.74, 6) is -0.250. The van der Waals surface area contributed by atoms with Crippen LogP contribution in [0.3, 0.4) is 0 Å². The third-order valence-electron chi connectivity index (χ3n) is 4.58. The van der Waals surface area contributed by atoms with Gasteiger partial charge in [-0.2, -0.15) is 5.10 Å². The first-order valence-corrected chi connectivity index (χ1v) is 11.7. The highest BCUT2D eigenvalue weighted by molar-refractivity contribution is 7.94. The molecule has 2 aromatic carbocycles. The fourth-order valence-corrected chi connectivity index (χ4v) is 4.98. The van der Waals surface area contributed by atoms with Crippen molar-refractivity contribution >= 4 is 33.0 Å². The van der Waals surface area contributed by atoms with Gasteiger partial charge in [-0.15, -0.1) is 11.3 Å². The molecule has 4 rings (SSSR count). The molecule has 0 unspecified atom stereocenters. The molecular formula is C21H19N5O3S2. The summed E-state index contributed by atoms with van der Waals surface area (Å²) < 4.78 is 29.0. The van der Waals surface area contributed by atoms with Crippen molar-refractivity contribution in [2.45, 2.75) is 17.2 Å². The zero-order chi connectivity index (χ0) is 21.8. The van der Waals surface area contributed by atoms with Crippen molar-refractivity contribution in [1.82, 2.24) is 20.1 Å². The Kier molecular flexibility index (Phi) is 5.83. The Morgan fingerprint density at radius 3 is 2.42 bits per heavy atom. The number of thiophene rings is 1. The number of nitrogens with zero attached hydrogens (tertiary/aromatic N) is 3. The van der Waals surface area contributed by atoms with Crippen molar-refractivity contribution in [3.05, 3.63) is 89.8 Å². The molecule has 0 aliphatic heterocycles. The molecule has 8 nitrogen and oxygen atoms in total.